The van der Waals surface area contributed by atoms with Gasteiger partial charge in [0.15, 0.2) is 5.78 Å². The zero-order chi connectivity index (χ0) is 18.0. The number of ketones is 1. The van der Waals surface area contributed by atoms with Crippen molar-refractivity contribution in [1.29, 1.82) is 0 Å². The summed E-state index contributed by atoms with van der Waals surface area (Å²) < 4.78 is 0. The van der Waals surface area contributed by atoms with Gasteiger partial charge in [0.1, 0.15) is 0 Å². The lowest BCUT2D eigenvalue weighted by molar-refractivity contribution is 0.0824. The van der Waals surface area contributed by atoms with Gasteiger partial charge in [-0.2, -0.15) is 0 Å². The third-order valence-electron chi connectivity index (χ3n) is 5.04. The molecule has 25 heavy (non-hydrogen) atoms. The molecule has 3 nitrogen and oxygen atoms in total. The quantitative estimate of drug-likeness (QED) is 0.821. The molecule has 2 unspecified atom stereocenters. The second-order valence-corrected chi connectivity index (χ2v) is 7.61. The van der Waals surface area contributed by atoms with Crippen molar-refractivity contribution in [1.82, 2.24) is 4.90 Å². The van der Waals surface area contributed by atoms with Crippen LogP contribution in [-0.4, -0.2) is 35.4 Å². The first-order valence-electron chi connectivity index (χ1n) is 9.22. The molecule has 1 heterocycles. The van der Waals surface area contributed by atoms with Gasteiger partial charge in [-0.3, -0.25) is 4.79 Å². The zero-order valence-electron chi connectivity index (χ0n) is 15.5. The highest BCUT2D eigenvalue weighted by molar-refractivity contribution is 6.02. The Bertz CT molecular complexity index is 751. The molecule has 0 aromatic heterocycles. The van der Waals surface area contributed by atoms with Crippen LogP contribution in [0, 0.1) is 11.8 Å². The van der Waals surface area contributed by atoms with Crippen molar-refractivity contribution in [3.8, 4) is 0 Å². The molecule has 0 spiro atoms. The Morgan fingerprint density at radius 2 is 2.04 bits per heavy atom. The molecule has 3 heteroatoms. The molecule has 1 radical (unpaired) electrons. The maximum absolute atomic E-state index is 13.1. The third kappa shape index (κ3) is 4.10. The highest BCUT2D eigenvalue weighted by atomic mass is 16.3. The molecule has 1 aliphatic rings. The van der Waals surface area contributed by atoms with Gasteiger partial charge in [0.2, 0.25) is 0 Å². The van der Waals surface area contributed by atoms with Gasteiger partial charge in [0, 0.05) is 24.6 Å². The Morgan fingerprint density at radius 3 is 2.76 bits per heavy atom. The lowest BCUT2D eigenvalue weighted by Crippen LogP contribution is -2.40. The summed E-state index contributed by atoms with van der Waals surface area (Å²) in [6.45, 7) is 8.93. The molecule has 2 aromatic carbocycles. The Labute approximate surface area is 150 Å². The largest absolute Gasteiger partial charge is 0.389 e. The summed E-state index contributed by atoms with van der Waals surface area (Å²) in [6, 6.07) is 11.8. The van der Waals surface area contributed by atoms with Gasteiger partial charge in [0.25, 0.3) is 0 Å². The topological polar surface area (TPSA) is 40.5 Å². The molecular weight excluding hydrogens is 310 g/mol. The summed E-state index contributed by atoms with van der Waals surface area (Å²) in [5.41, 5.74) is 1.57. The number of rotatable bonds is 5. The van der Waals surface area contributed by atoms with Crippen LogP contribution in [0.3, 0.4) is 0 Å². The SMILES string of the molecule is C[C](C)CN1CCCC(C(=O)c2cc(C(C)O)c3ccccc3c2)C1. The highest BCUT2D eigenvalue weighted by Gasteiger charge is 2.27. The average Bonchev–Trinajstić information content (AvgIpc) is 2.59. The smallest absolute Gasteiger partial charge is 0.167 e. The van der Waals surface area contributed by atoms with E-state index in [1.807, 2.05) is 36.4 Å². The van der Waals surface area contributed by atoms with Gasteiger partial charge >= 0.3 is 0 Å². The van der Waals surface area contributed by atoms with Crippen LogP contribution in [0.25, 0.3) is 10.8 Å². The van der Waals surface area contributed by atoms with Crippen LogP contribution in [0.1, 0.15) is 55.6 Å². The van der Waals surface area contributed by atoms with Gasteiger partial charge in [-0.15, -0.1) is 0 Å². The number of benzene rings is 2. The van der Waals surface area contributed by atoms with Crippen molar-refractivity contribution >= 4 is 16.6 Å². The summed E-state index contributed by atoms with van der Waals surface area (Å²) >= 11 is 0. The predicted molar refractivity (Wildman–Crippen MR) is 103 cm³/mol. The number of carbonyl (C=O) groups excluding carboxylic acids is 1. The van der Waals surface area contributed by atoms with Crippen LogP contribution in [0.15, 0.2) is 36.4 Å². The second-order valence-electron chi connectivity index (χ2n) is 7.61. The van der Waals surface area contributed by atoms with E-state index >= 15 is 0 Å². The summed E-state index contributed by atoms with van der Waals surface area (Å²) in [5, 5.41) is 12.2. The Kier molecular flexibility index (Phi) is 5.55. The number of carbonyl (C=O) groups is 1. The Morgan fingerprint density at radius 1 is 1.28 bits per heavy atom. The number of likely N-dealkylation sites (tertiary alicyclic amines) is 1. The first-order chi connectivity index (χ1) is 12.0. The molecule has 0 saturated carbocycles. The van der Waals surface area contributed by atoms with Gasteiger partial charge in [0.05, 0.1) is 6.10 Å². The molecule has 0 aliphatic carbocycles. The summed E-state index contributed by atoms with van der Waals surface area (Å²) in [6.07, 6.45) is 1.44. The molecule has 1 fully saturated rings. The van der Waals surface area contributed by atoms with Crippen LogP contribution in [0.4, 0.5) is 0 Å². The van der Waals surface area contributed by atoms with Gasteiger partial charge < -0.3 is 10.0 Å². The standard InChI is InChI=1S/C22H28NO2/c1-15(2)13-23-10-6-8-18(14-23)22(25)19-11-17-7-4-5-9-20(17)21(12-19)16(3)24/h4-5,7,9,11-12,16,18,24H,6,8,10,13-14H2,1-3H3. The number of Topliss-reactive ketones (excluding diaryl/α,β-unsaturated/α-hetero) is 1. The fourth-order valence-corrected chi connectivity index (χ4v) is 3.92. The number of nitrogens with zero attached hydrogens (tertiary/aromatic N) is 1. The molecule has 1 N–H and O–H groups in total. The number of hydrogen-bond donors (Lipinski definition) is 1. The summed E-state index contributed by atoms with van der Waals surface area (Å²) in [4.78, 5) is 15.5. The van der Waals surface area contributed by atoms with E-state index in [4.69, 9.17) is 0 Å². The Balaban J connectivity index is 1.89. The van der Waals surface area contributed by atoms with Gasteiger partial charge in [-0.05, 0) is 60.7 Å². The number of hydrogen-bond acceptors (Lipinski definition) is 3. The number of aliphatic hydroxyl groups excluding tert-OH is 1. The fraction of sp³-hybridized carbons (Fsp3) is 0.455. The molecule has 2 aromatic rings. The fourth-order valence-electron chi connectivity index (χ4n) is 3.92. The van der Waals surface area contributed by atoms with E-state index in [0.717, 1.165) is 54.4 Å². The third-order valence-corrected chi connectivity index (χ3v) is 5.04. The molecule has 2 atom stereocenters. The first kappa shape index (κ1) is 18.1. The Hall–Kier alpha value is -1.71. The lowest BCUT2D eigenvalue weighted by Gasteiger charge is -2.33. The van der Waals surface area contributed by atoms with Crippen molar-refractivity contribution in [2.75, 3.05) is 19.6 Å². The molecule has 3 rings (SSSR count). The molecule has 1 saturated heterocycles. The normalized spacial score (nSPS) is 20.1. The van der Waals surface area contributed by atoms with Crippen LogP contribution < -0.4 is 0 Å². The van der Waals surface area contributed by atoms with E-state index in [0.29, 0.717) is 0 Å². The molecule has 0 bridgehead atoms. The molecule has 133 valence electrons. The van der Waals surface area contributed by atoms with Crippen LogP contribution in [0.5, 0.6) is 0 Å². The summed E-state index contributed by atoms with van der Waals surface area (Å²) in [7, 11) is 0. The minimum Gasteiger partial charge on any atom is -0.389 e. The zero-order valence-corrected chi connectivity index (χ0v) is 15.5. The van der Waals surface area contributed by atoms with E-state index in [9.17, 15) is 9.90 Å². The highest BCUT2D eigenvalue weighted by Crippen LogP contribution is 2.29. The molecule has 0 amide bonds. The van der Waals surface area contributed by atoms with Gasteiger partial charge in [-0.25, -0.2) is 0 Å². The van der Waals surface area contributed by atoms with E-state index in [2.05, 4.69) is 18.7 Å². The summed E-state index contributed by atoms with van der Waals surface area (Å²) in [5.74, 6) is 1.65. The first-order valence-corrected chi connectivity index (χ1v) is 9.22. The van der Waals surface area contributed by atoms with Gasteiger partial charge in [-0.1, -0.05) is 38.1 Å². The number of fused-ring (bicyclic) bond motifs is 1. The van der Waals surface area contributed by atoms with Crippen molar-refractivity contribution in [2.45, 2.75) is 39.7 Å². The van der Waals surface area contributed by atoms with Crippen molar-refractivity contribution in [3.63, 3.8) is 0 Å². The van der Waals surface area contributed by atoms with Crippen LogP contribution >= 0.6 is 0 Å². The second kappa shape index (κ2) is 7.67. The van der Waals surface area contributed by atoms with Crippen molar-refractivity contribution in [3.05, 3.63) is 53.4 Å². The van der Waals surface area contributed by atoms with E-state index in [-0.39, 0.29) is 11.7 Å². The number of aliphatic hydroxyl groups is 1. The average molecular weight is 338 g/mol. The lowest BCUT2D eigenvalue weighted by atomic mass is 9.87. The molecular formula is C22H28NO2. The minimum atomic E-state index is -0.585. The van der Waals surface area contributed by atoms with Crippen molar-refractivity contribution < 1.29 is 9.90 Å². The van der Waals surface area contributed by atoms with Crippen molar-refractivity contribution in [2.24, 2.45) is 5.92 Å². The maximum atomic E-state index is 13.1. The monoisotopic (exact) mass is 338 g/mol. The van der Waals surface area contributed by atoms with Crippen LogP contribution in [0.2, 0.25) is 0 Å². The minimum absolute atomic E-state index is 0.0520. The van der Waals surface area contributed by atoms with Crippen LogP contribution in [-0.2, 0) is 0 Å². The van der Waals surface area contributed by atoms with E-state index < -0.39 is 6.10 Å². The molecule has 1 aliphatic heterocycles. The maximum Gasteiger partial charge on any atom is 0.167 e. The van der Waals surface area contributed by atoms with E-state index in [1.54, 1.807) is 6.92 Å². The predicted octanol–water partition coefficient (Wildman–Crippen LogP) is 4.40. The number of piperidine rings is 1. The van der Waals surface area contributed by atoms with E-state index in [1.165, 1.54) is 5.92 Å².